The summed E-state index contributed by atoms with van der Waals surface area (Å²) in [5.74, 6) is 4.29. The van der Waals surface area contributed by atoms with Crippen LogP contribution in [0.15, 0.2) is 0 Å². The van der Waals surface area contributed by atoms with Crippen LogP contribution in [0.5, 0.6) is 0 Å². The van der Waals surface area contributed by atoms with Crippen LogP contribution in [0, 0.1) is 41.4 Å². The molecule has 1 saturated heterocycles. The van der Waals surface area contributed by atoms with Gasteiger partial charge in [0.25, 0.3) is 0 Å². The van der Waals surface area contributed by atoms with Crippen LogP contribution in [0.2, 0.25) is 0 Å². The summed E-state index contributed by atoms with van der Waals surface area (Å²) < 4.78 is 12.8. The Morgan fingerprint density at radius 1 is 1.04 bits per heavy atom. The number of hydrogen-bond acceptors (Lipinski definition) is 3. The van der Waals surface area contributed by atoms with Gasteiger partial charge in [-0.25, -0.2) is 0 Å². The average molecular weight is 361 g/mol. The molecule has 1 heterocycles. The Kier molecular flexibility index (Phi) is 4.19. The lowest BCUT2D eigenvalue weighted by Gasteiger charge is -2.39. The molecular weight excluding hydrogens is 324 g/mol. The second-order valence-corrected chi connectivity index (χ2v) is 10.1. The van der Waals surface area contributed by atoms with E-state index in [1.54, 1.807) is 0 Å². The second-order valence-electron chi connectivity index (χ2n) is 10.1. The highest BCUT2D eigenvalue weighted by molar-refractivity contribution is 5.74. The van der Waals surface area contributed by atoms with Gasteiger partial charge < -0.3 is 9.47 Å². The van der Waals surface area contributed by atoms with Gasteiger partial charge in [0.05, 0.1) is 18.1 Å². The van der Waals surface area contributed by atoms with Gasteiger partial charge in [-0.3, -0.25) is 4.79 Å². The molecule has 0 N–H and O–H groups in total. The summed E-state index contributed by atoms with van der Waals surface area (Å²) in [6.07, 6.45) is 11.4. The molecule has 5 rings (SSSR count). The Hall–Kier alpha value is -0.570. The van der Waals surface area contributed by atoms with E-state index in [1.807, 2.05) is 0 Å². The molecule has 4 aliphatic carbocycles. The number of hydrogen-bond donors (Lipinski definition) is 0. The van der Waals surface area contributed by atoms with E-state index < -0.39 is 0 Å². The molecule has 0 spiro atoms. The summed E-state index contributed by atoms with van der Waals surface area (Å²) in [5.41, 5.74) is -0.122. The summed E-state index contributed by atoms with van der Waals surface area (Å²) >= 11 is 0. The van der Waals surface area contributed by atoms with Crippen LogP contribution < -0.4 is 0 Å². The first-order valence-corrected chi connectivity index (χ1v) is 11.5. The van der Waals surface area contributed by atoms with E-state index in [9.17, 15) is 4.79 Å². The molecular formula is C23H36O3. The Labute approximate surface area is 158 Å². The van der Waals surface area contributed by atoms with Gasteiger partial charge in [-0.2, -0.15) is 0 Å². The number of rotatable bonds is 5. The predicted molar refractivity (Wildman–Crippen MR) is 100 cm³/mol. The molecule has 5 aliphatic rings. The van der Waals surface area contributed by atoms with Gasteiger partial charge in [-0.1, -0.05) is 20.8 Å². The van der Waals surface area contributed by atoms with Crippen molar-refractivity contribution < 1.29 is 14.3 Å². The minimum absolute atomic E-state index is 0.122. The van der Waals surface area contributed by atoms with Crippen LogP contribution in [0.1, 0.15) is 78.6 Å². The number of ether oxygens (including phenoxy) is 2. The van der Waals surface area contributed by atoms with Gasteiger partial charge in [0.15, 0.2) is 0 Å². The summed E-state index contributed by atoms with van der Waals surface area (Å²) in [6.45, 7) is 6.74. The zero-order chi connectivity index (χ0) is 18.1. The number of carbonyl (C=O) groups is 1. The first-order chi connectivity index (χ1) is 12.6. The Bertz CT molecular complexity index is 574. The predicted octanol–water partition coefficient (Wildman–Crippen LogP) is 4.97. The minimum atomic E-state index is -0.122. The molecule has 0 aromatic carbocycles. The van der Waals surface area contributed by atoms with Crippen molar-refractivity contribution in [3.05, 3.63) is 0 Å². The fourth-order valence-electron chi connectivity index (χ4n) is 8.24. The lowest BCUT2D eigenvalue weighted by atomic mass is 9.70. The van der Waals surface area contributed by atoms with Crippen LogP contribution in [-0.4, -0.2) is 23.8 Å². The quantitative estimate of drug-likeness (QED) is 0.649. The van der Waals surface area contributed by atoms with Crippen molar-refractivity contribution >= 4 is 5.97 Å². The van der Waals surface area contributed by atoms with E-state index >= 15 is 0 Å². The number of fused-ring (bicyclic) bond motifs is 7. The molecule has 5 fully saturated rings. The lowest BCUT2D eigenvalue weighted by molar-refractivity contribution is -0.174. The van der Waals surface area contributed by atoms with Crippen LogP contribution in [0.3, 0.4) is 0 Å². The highest BCUT2D eigenvalue weighted by atomic mass is 16.6. The monoisotopic (exact) mass is 360 g/mol. The van der Waals surface area contributed by atoms with E-state index in [2.05, 4.69) is 20.8 Å². The zero-order valence-corrected chi connectivity index (χ0v) is 16.8. The largest absolute Gasteiger partial charge is 0.459 e. The highest BCUT2D eigenvalue weighted by Gasteiger charge is 2.63. The van der Waals surface area contributed by atoms with E-state index in [1.165, 1.54) is 25.7 Å². The van der Waals surface area contributed by atoms with E-state index in [4.69, 9.17) is 9.47 Å². The van der Waals surface area contributed by atoms with Crippen molar-refractivity contribution in [1.82, 2.24) is 0 Å². The third-order valence-electron chi connectivity index (χ3n) is 9.27. The summed E-state index contributed by atoms with van der Waals surface area (Å²) in [5, 5.41) is 0. The molecule has 1 aliphatic heterocycles. The van der Waals surface area contributed by atoms with E-state index in [0.717, 1.165) is 38.0 Å². The first kappa shape index (κ1) is 17.5. The maximum Gasteiger partial charge on any atom is 0.309 e. The first-order valence-electron chi connectivity index (χ1n) is 11.5. The molecule has 26 heavy (non-hydrogen) atoms. The van der Waals surface area contributed by atoms with Crippen LogP contribution in [0.25, 0.3) is 0 Å². The van der Waals surface area contributed by atoms with Crippen molar-refractivity contribution in [1.29, 1.82) is 0 Å². The zero-order valence-electron chi connectivity index (χ0n) is 16.8. The van der Waals surface area contributed by atoms with Crippen LogP contribution in [-0.2, 0) is 14.3 Å². The summed E-state index contributed by atoms with van der Waals surface area (Å²) in [7, 11) is 0. The van der Waals surface area contributed by atoms with Crippen molar-refractivity contribution in [2.45, 2.75) is 96.4 Å². The van der Waals surface area contributed by atoms with Gasteiger partial charge in [0.1, 0.15) is 5.60 Å². The minimum Gasteiger partial charge on any atom is -0.459 e. The molecule has 0 aromatic rings. The van der Waals surface area contributed by atoms with Gasteiger partial charge >= 0.3 is 5.97 Å². The topological polar surface area (TPSA) is 35.5 Å². The normalized spacial score (nSPS) is 54.0. The number of carbonyl (C=O) groups excluding carboxylic acids is 1. The maximum absolute atomic E-state index is 13.3. The molecule has 4 bridgehead atoms. The Morgan fingerprint density at radius 2 is 1.81 bits per heavy atom. The van der Waals surface area contributed by atoms with Gasteiger partial charge in [0.2, 0.25) is 0 Å². The van der Waals surface area contributed by atoms with Gasteiger partial charge in [-0.05, 0) is 93.3 Å². The third kappa shape index (κ3) is 2.31. The molecule has 0 aromatic heterocycles. The molecule has 4 saturated carbocycles. The fourth-order valence-corrected chi connectivity index (χ4v) is 8.24. The molecule has 3 heteroatoms. The molecule has 0 radical (unpaired) electrons. The molecule has 146 valence electrons. The van der Waals surface area contributed by atoms with Crippen LogP contribution in [0.4, 0.5) is 0 Å². The lowest BCUT2D eigenvalue weighted by Crippen LogP contribution is -2.44. The second kappa shape index (κ2) is 6.22. The SMILES string of the molecule is CCC1OC(CC)C2C3CC(CC3C(=O)OC3(CC)CC4CCC3C4)C12. The molecule has 3 nitrogen and oxygen atoms in total. The summed E-state index contributed by atoms with van der Waals surface area (Å²) in [4.78, 5) is 13.3. The molecule has 0 amide bonds. The van der Waals surface area contributed by atoms with Crippen molar-refractivity contribution in [3.63, 3.8) is 0 Å². The summed E-state index contributed by atoms with van der Waals surface area (Å²) in [6, 6.07) is 0. The smallest absolute Gasteiger partial charge is 0.309 e. The van der Waals surface area contributed by atoms with Crippen molar-refractivity contribution in [3.8, 4) is 0 Å². The molecule has 10 atom stereocenters. The standard InChI is InChI=1S/C23H36O3/c1-4-18-20-14-10-16(21(20)19(5-2)25-18)17(11-14)22(24)26-23(6-3)12-13-7-8-15(23)9-13/h13-21H,4-12H2,1-3H3. The fraction of sp³-hybridized carbons (Fsp3) is 0.957. The van der Waals surface area contributed by atoms with Crippen molar-refractivity contribution in [2.24, 2.45) is 41.4 Å². The third-order valence-corrected chi connectivity index (χ3v) is 9.27. The maximum atomic E-state index is 13.3. The van der Waals surface area contributed by atoms with Gasteiger partial charge in [-0.15, -0.1) is 0 Å². The Balaban J connectivity index is 1.32. The van der Waals surface area contributed by atoms with E-state index in [0.29, 0.717) is 41.8 Å². The number of esters is 1. The van der Waals surface area contributed by atoms with E-state index in [-0.39, 0.29) is 17.5 Å². The van der Waals surface area contributed by atoms with Crippen LogP contribution >= 0.6 is 0 Å². The average Bonchev–Trinajstić information content (AvgIpc) is 3.44. The van der Waals surface area contributed by atoms with Gasteiger partial charge in [0, 0.05) is 0 Å². The Morgan fingerprint density at radius 3 is 2.42 bits per heavy atom. The molecule has 10 unspecified atom stereocenters. The van der Waals surface area contributed by atoms with Crippen molar-refractivity contribution in [2.75, 3.05) is 0 Å². The highest BCUT2D eigenvalue weighted by Crippen LogP contribution is 2.63.